The molecule has 2 aromatic carbocycles. The molecule has 0 saturated carbocycles. The van der Waals surface area contributed by atoms with Gasteiger partial charge >= 0.3 is 6.18 Å². The third-order valence-corrected chi connectivity index (χ3v) is 4.69. The maximum absolute atomic E-state index is 13.8. The van der Waals surface area contributed by atoms with Crippen LogP contribution >= 0.6 is 0 Å². The highest BCUT2D eigenvalue weighted by molar-refractivity contribution is 5.40. The number of aliphatic hydroxyl groups is 1. The monoisotopic (exact) mass is 424 g/mol. The second kappa shape index (κ2) is 7.85. The molecule has 0 amide bonds. The largest absolute Gasteiger partial charge is 0.496 e. The summed E-state index contributed by atoms with van der Waals surface area (Å²) in [6, 6.07) is 4.09. The molecule has 0 aromatic heterocycles. The van der Waals surface area contributed by atoms with Crippen LogP contribution in [0.4, 0.5) is 30.7 Å². The van der Waals surface area contributed by atoms with Gasteiger partial charge in [0, 0.05) is 12.0 Å². The summed E-state index contributed by atoms with van der Waals surface area (Å²) in [6.45, 7) is 2.68. The standard InChI is InChI=1S/C20H19F7O2/c1-18(2,13-8-12(21)4-5-16(13)29-3)10-19(28,20(25,26)27)9-11-6-14(22)17(24)15(23)7-11/h4-8,28H,9-10H2,1-3H3. The molecule has 0 aliphatic rings. The molecule has 0 spiro atoms. The molecular formula is C20H19F7O2. The van der Waals surface area contributed by atoms with Crippen LogP contribution in [0.15, 0.2) is 30.3 Å². The van der Waals surface area contributed by atoms with Crippen molar-refractivity contribution in [3.05, 3.63) is 64.7 Å². The van der Waals surface area contributed by atoms with Gasteiger partial charge in [0.2, 0.25) is 0 Å². The van der Waals surface area contributed by atoms with Gasteiger partial charge in [-0.3, -0.25) is 0 Å². The zero-order chi connectivity index (χ0) is 22.2. The summed E-state index contributed by atoms with van der Waals surface area (Å²) < 4.78 is 100. The van der Waals surface area contributed by atoms with Gasteiger partial charge in [-0.05, 0) is 47.7 Å². The predicted octanol–water partition coefficient (Wildman–Crippen LogP) is 5.46. The Kier molecular flexibility index (Phi) is 6.23. The average molecular weight is 424 g/mol. The van der Waals surface area contributed by atoms with Crippen LogP contribution in [-0.4, -0.2) is 24.0 Å². The van der Waals surface area contributed by atoms with Crippen molar-refractivity contribution in [3.8, 4) is 5.75 Å². The molecule has 0 aliphatic carbocycles. The number of benzene rings is 2. The van der Waals surface area contributed by atoms with E-state index in [-0.39, 0.29) is 11.3 Å². The number of hydrogen-bond donors (Lipinski definition) is 1. The maximum Gasteiger partial charge on any atom is 0.417 e. The molecule has 1 unspecified atom stereocenters. The molecule has 2 nitrogen and oxygen atoms in total. The van der Waals surface area contributed by atoms with E-state index in [9.17, 15) is 35.8 Å². The van der Waals surface area contributed by atoms with Crippen LogP contribution in [0.1, 0.15) is 31.4 Å². The smallest absolute Gasteiger partial charge is 0.417 e. The van der Waals surface area contributed by atoms with Crippen LogP contribution < -0.4 is 4.74 Å². The number of ether oxygens (including phenoxy) is 1. The first-order valence-corrected chi connectivity index (χ1v) is 8.47. The molecule has 1 N–H and O–H groups in total. The van der Waals surface area contributed by atoms with Crippen molar-refractivity contribution < 1.29 is 40.6 Å². The van der Waals surface area contributed by atoms with E-state index >= 15 is 0 Å². The summed E-state index contributed by atoms with van der Waals surface area (Å²) in [4.78, 5) is 0. The summed E-state index contributed by atoms with van der Waals surface area (Å²) >= 11 is 0. The van der Waals surface area contributed by atoms with E-state index in [2.05, 4.69) is 0 Å². The molecule has 0 radical (unpaired) electrons. The van der Waals surface area contributed by atoms with Crippen LogP contribution in [0.2, 0.25) is 0 Å². The number of halogens is 7. The van der Waals surface area contributed by atoms with Crippen LogP contribution in [0.25, 0.3) is 0 Å². The van der Waals surface area contributed by atoms with Crippen molar-refractivity contribution >= 4 is 0 Å². The molecule has 1 atom stereocenters. The summed E-state index contributed by atoms with van der Waals surface area (Å²) in [5, 5.41) is 10.5. The van der Waals surface area contributed by atoms with Crippen LogP contribution in [0, 0.1) is 23.3 Å². The molecule has 29 heavy (non-hydrogen) atoms. The van der Waals surface area contributed by atoms with Gasteiger partial charge < -0.3 is 9.84 Å². The quantitative estimate of drug-likeness (QED) is 0.493. The SMILES string of the molecule is COc1ccc(F)cc1C(C)(C)CC(O)(Cc1cc(F)c(F)c(F)c1)C(F)(F)F. The molecule has 2 rings (SSSR count). The van der Waals surface area contributed by atoms with Gasteiger partial charge in [-0.25, -0.2) is 17.6 Å². The number of alkyl halides is 3. The van der Waals surface area contributed by atoms with Crippen LogP contribution in [-0.2, 0) is 11.8 Å². The first kappa shape index (κ1) is 23.0. The molecule has 160 valence electrons. The Morgan fingerprint density at radius 1 is 0.931 bits per heavy atom. The fourth-order valence-electron chi connectivity index (χ4n) is 3.35. The zero-order valence-corrected chi connectivity index (χ0v) is 15.8. The summed E-state index contributed by atoms with van der Waals surface area (Å²) in [6.07, 6.45) is -7.41. The molecule has 9 heteroatoms. The highest BCUT2D eigenvalue weighted by Crippen LogP contribution is 2.45. The van der Waals surface area contributed by atoms with Crippen molar-refractivity contribution in [2.45, 2.75) is 43.9 Å². The highest BCUT2D eigenvalue weighted by atomic mass is 19.4. The number of methoxy groups -OCH3 is 1. The summed E-state index contributed by atoms with van der Waals surface area (Å²) in [7, 11) is 1.26. The highest BCUT2D eigenvalue weighted by Gasteiger charge is 2.56. The first-order valence-electron chi connectivity index (χ1n) is 8.47. The van der Waals surface area contributed by atoms with Crippen LogP contribution in [0.5, 0.6) is 5.75 Å². The second-order valence-corrected chi connectivity index (χ2v) is 7.48. The van der Waals surface area contributed by atoms with Gasteiger partial charge in [-0.1, -0.05) is 13.8 Å². The van der Waals surface area contributed by atoms with E-state index in [4.69, 9.17) is 4.74 Å². The molecule has 2 aromatic rings. The van der Waals surface area contributed by atoms with Gasteiger partial charge in [0.25, 0.3) is 0 Å². The summed E-state index contributed by atoms with van der Waals surface area (Å²) in [5.74, 6) is -5.77. The Hall–Kier alpha value is -2.29. The van der Waals surface area contributed by atoms with E-state index in [1.165, 1.54) is 27.0 Å². The normalized spacial score (nSPS) is 14.6. The van der Waals surface area contributed by atoms with Gasteiger partial charge in [-0.15, -0.1) is 0 Å². The molecular weight excluding hydrogens is 405 g/mol. The Labute approximate surface area is 162 Å². The molecule has 0 aliphatic heterocycles. The van der Waals surface area contributed by atoms with Gasteiger partial charge in [0.1, 0.15) is 11.6 Å². The van der Waals surface area contributed by atoms with Crippen LogP contribution in [0.3, 0.4) is 0 Å². The van der Waals surface area contributed by atoms with Crippen molar-refractivity contribution in [2.24, 2.45) is 0 Å². The van der Waals surface area contributed by atoms with Crippen molar-refractivity contribution in [3.63, 3.8) is 0 Å². The third-order valence-electron chi connectivity index (χ3n) is 4.69. The van der Waals surface area contributed by atoms with E-state index in [0.29, 0.717) is 12.1 Å². The molecule has 0 heterocycles. The predicted molar refractivity (Wildman–Crippen MR) is 91.6 cm³/mol. The van der Waals surface area contributed by atoms with E-state index in [0.717, 1.165) is 12.1 Å². The maximum atomic E-state index is 13.8. The van der Waals surface area contributed by atoms with Gasteiger partial charge in [0.15, 0.2) is 23.1 Å². The van der Waals surface area contributed by atoms with E-state index in [1.54, 1.807) is 0 Å². The van der Waals surface area contributed by atoms with Gasteiger partial charge in [-0.2, -0.15) is 13.2 Å². The minimum absolute atomic E-state index is 0.0687. The zero-order valence-electron chi connectivity index (χ0n) is 15.8. The van der Waals surface area contributed by atoms with E-state index < -0.39 is 58.9 Å². The topological polar surface area (TPSA) is 29.5 Å². The fourth-order valence-corrected chi connectivity index (χ4v) is 3.35. The minimum Gasteiger partial charge on any atom is -0.496 e. The van der Waals surface area contributed by atoms with E-state index in [1.807, 2.05) is 0 Å². The molecule has 0 saturated heterocycles. The second-order valence-electron chi connectivity index (χ2n) is 7.48. The molecule has 0 fully saturated rings. The fraction of sp³-hybridized carbons (Fsp3) is 0.400. The molecule has 0 bridgehead atoms. The Bertz CT molecular complexity index is 870. The lowest BCUT2D eigenvalue weighted by Gasteiger charge is -2.38. The average Bonchev–Trinajstić information content (AvgIpc) is 2.58. The minimum atomic E-state index is -5.20. The third kappa shape index (κ3) is 4.83. The van der Waals surface area contributed by atoms with Crippen molar-refractivity contribution in [2.75, 3.05) is 7.11 Å². The lowest BCUT2D eigenvalue weighted by molar-refractivity contribution is -0.266. The summed E-state index contributed by atoms with van der Waals surface area (Å²) in [5.41, 5.74) is -5.42. The van der Waals surface area contributed by atoms with Gasteiger partial charge in [0.05, 0.1) is 7.11 Å². The number of hydrogen-bond acceptors (Lipinski definition) is 2. The Balaban J connectivity index is 2.49. The Morgan fingerprint density at radius 3 is 1.97 bits per heavy atom. The first-order chi connectivity index (χ1) is 13.2. The Morgan fingerprint density at radius 2 is 1.48 bits per heavy atom. The lowest BCUT2D eigenvalue weighted by Crippen LogP contribution is -2.50. The van der Waals surface area contributed by atoms with Crippen molar-refractivity contribution in [1.29, 1.82) is 0 Å². The van der Waals surface area contributed by atoms with Crippen molar-refractivity contribution in [1.82, 2.24) is 0 Å². The lowest BCUT2D eigenvalue weighted by atomic mass is 9.72. The number of rotatable bonds is 6.